The van der Waals surface area contributed by atoms with Crippen LogP contribution in [-0.2, 0) is 9.59 Å². The van der Waals surface area contributed by atoms with Crippen LogP contribution in [0.2, 0.25) is 0 Å². The minimum atomic E-state index is -1.21. The molecule has 3 amide bonds. The van der Waals surface area contributed by atoms with Crippen molar-refractivity contribution >= 4 is 28.9 Å². The minimum Gasteiger partial charge on any atom is -0.497 e. The molecule has 11 heteroatoms. The van der Waals surface area contributed by atoms with E-state index in [2.05, 4.69) is 10.6 Å². The summed E-state index contributed by atoms with van der Waals surface area (Å²) in [7, 11) is 1.57. The van der Waals surface area contributed by atoms with E-state index in [1.807, 2.05) is 12.1 Å². The fourth-order valence-corrected chi connectivity index (χ4v) is 3.66. The largest absolute Gasteiger partial charge is 0.497 e. The molecular formula is C25H27N3O8. The number of nitrogens with two attached hydrogens (primary N) is 1. The van der Waals surface area contributed by atoms with Gasteiger partial charge in [0.25, 0.3) is 5.91 Å². The second-order valence-corrected chi connectivity index (χ2v) is 7.95. The predicted molar refractivity (Wildman–Crippen MR) is 131 cm³/mol. The third-order valence-corrected chi connectivity index (χ3v) is 5.47. The number of carboxylic acid groups (broad SMARTS) is 1. The summed E-state index contributed by atoms with van der Waals surface area (Å²) in [5, 5.41) is 14.8. The molecule has 0 bridgehead atoms. The topological polar surface area (TPSA) is 170 Å². The number of carbonyl (C=O) groups is 3. The molecule has 3 rings (SSSR count). The highest BCUT2D eigenvalue weighted by Gasteiger charge is 2.20. The number of benzene rings is 2. The van der Waals surface area contributed by atoms with Gasteiger partial charge in [0.15, 0.2) is 6.61 Å². The van der Waals surface area contributed by atoms with Gasteiger partial charge in [-0.2, -0.15) is 0 Å². The lowest BCUT2D eigenvalue weighted by molar-refractivity contribution is -0.142. The molecule has 0 spiro atoms. The van der Waals surface area contributed by atoms with Crippen LogP contribution in [0.4, 0.5) is 4.79 Å². The van der Waals surface area contributed by atoms with Gasteiger partial charge in [-0.05, 0) is 55.2 Å². The highest BCUT2D eigenvalue weighted by atomic mass is 16.5. The first-order valence-corrected chi connectivity index (χ1v) is 11.1. The molecule has 36 heavy (non-hydrogen) atoms. The number of carboxylic acids is 1. The van der Waals surface area contributed by atoms with Crippen LogP contribution in [0, 0.1) is 6.92 Å². The van der Waals surface area contributed by atoms with E-state index in [1.165, 1.54) is 6.07 Å². The number of hydrogen-bond acceptors (Lipinski definition) is 7. The highest BCUT2D eigenvalue weighted by Crippen LogP contribution is 2.33. The Hall–Kier alpha value is -4.54. The van der Waals surface area contributed by atoms with Gasteiger partial charge in [0, 0.05) is 23.6 Å². The Morgan fingerprint density at radius 2 is 1.86 bits per heavy atom. The van der Waals surface area contributed by atoms with Crippen LogP contribution >= 0.6 is 0 Å². The van der Waals surface area contributed by atoms with Gasteiger partial charge in [0.2, 0.25) is 0 Å². The van der Waals surface area contributed by atoms with Crippen molar-refractivity contribution in [3.63, 3.8) is 0 Å². The molecule has 2 aromatic carbocycles. The van der Waals surface area contributed by atoms with Gasteiger partial charge in [-0.1, -0.05) is 12.1 Å². The number of rotatable bonds is 11. The van der Waals surface area contributed by atoms with Crippen molar-refractivity contribution in [2.24, 2.45) is 5.73 Å². The van der Waals surface area contributed by atoms with Crippen molar-refractivity contribution in [3.8, 4) is 22.6 Å². The molecule has 0 saturated carbocycles. The van der Waals surface area contributed by atoms with Gasteiger partial charge >= 0.3 is 17.6 Å². The molecule has 0 unspecified atom stereocenters. The van der Waals surface area contributed by atoms with E-state index in [1.54, 1.807) is 38.3 Å². The number of hydrogen-bond donors (Lipinski definition) is 4. The lowest BCUT2D eigenvalue weighted by atomic mass is 10.00. The average molecular weight is 498 g/mol. The Morgan fingerprint density at radius 1 is 1.14 bits per heavy atom. The van der Waals surface area contributed by atoms with Crippen LogP contribution in [0.3, 0.4) is 0 Å². The maximum atomic E-state index is 12.3. The normalized spacial score (nSPS) is 11.5. The third-order valence-electron chi connectivity index (χ3n) is 5.47. The van der Waals surface area contributed by atoms with Crippen LogP contribution in [-0.4, -0.2) is 49.3 Å². The zero-order chi connectivity index (χ0) is 26.2. The summed E-state index contributed by atoms with van der Waals surface area (Å²) in [6.45, 7) is 1.44. The van der Waals surface area contributed by atoms with Crippen LogP contribution in [0.15, 0.2) is 51.7 Å². The average Bonchev–Trinajstić information content (AvgIpc) is 2.85. The number of methoxy groups -OCH3 is 1. The van der Waals surface area contributed by atoms with Crippen molar-refractivity contribution < 1.29 is 33.4 Å². The Kier molecular flexibility index (Phi) is 8.50. The van der Waals surface area contributed by atoms with Crippen molar-refractivity contribution in [1.29, 1.82) is 0 Å². The van der Waals surface area contributed by atoms with Gasteiger partial charge in [-0.3, -0.25) is 4.79 Å². The molecular weight excluding hydrogens is 470 g/mol. The Labute approximate surface area is 206 Å². The maximum Gasteiger partial charge on any atom is 0.336 e. The van der Waals surface area contributed by atoms with E-state index in [9.17, 15) is 24.3 Å². The first-order valence-electron chi connectivity index (χ1n) is 11.1. The molecule has 0 aliphatic carbocycles. The quantitative estimate of drug-likeness (QED) is 0.231. The minimum absolute atomic E-state index is 0.0929. The molecule has 5 N–H and O–H groups in total. The standard InChI is InChI=1S/C25H27N3O8/c1-14-20(35-13-21(29)28-19(24(31)32)4-3-11-27-25(26)33)10-9-17-18(12-22(30)36-23(14)17)15-5-7-16(34-2)8-6-15/h5-10,12,19H,3-4,11,13H2,1-2H3,(H,28,29)(H,31,32)(H3,26,27,33)/t19-/m0/s1. The molecule has 1 aromatic heterocycles. The summed E-state index contributed by atoms with van der Waals surface area (Å²) < 4.78 is 16.2. The smallest absolute Gasteiger partial charge is 0.336 e. The zero-order valence-electron chi connectivity index (χ0n) is 19.8. The van der Waals surface area contributed by atoms with Crippen molar-refractivity contribution in [3.05, 3.63) is 58.4 Å². The molecule has 0 aliphatic rings. The number of carbonyl (C=O) groups excluding carboxylic acids is 2. The van der Waals surface area contributed by atoms with Crippen molar-refractivity contribution in [1.82, 2.24) is 10.6 Å². The summed E-state index contributed by atoms with van der Waals surface area (Å²) in [5.41, 5.74) is 6.73. The fourth-order valence-electron chi connectivity index (χ4n) is 3.66. The zero-order valence-corrected chi connectivity index (χ0v) is 19.8. The second kappa shape index (κ2) is 11.7. The third kappa shape index (κ3) is 6.53. The molecule has 1 atom stereocenters. The molecule has 0 radical (unpaired) electrons. The molecule has 11 nitrogen and oxygen atoms in total. The molecule has 0 aliphatic heterocycles. The van der Waals surface area contributed by atoms with Crippen molar-refractivity contribution in [2.75, 3.05) is 20.3 Å². The predicted octanol–water partition coefficient (Wildman–Crippen LogP) is 2.17. The lowest BCUT2D eigenvalue weighted by Gasteiger charge is -2.16. The van der Waals surface area contributed by atoms with Gasteiger partial charge in [-0.15, -0.1) is 0 Å². The number of fused-ring (bicyclic) bond motifs is 1. The highest BCUT2D eigenvalue weighted by molar-refractivity contribution is 5.95. The van der Waals surface area contributed by atoms with Gasteiger partial charge in [0.05, 0.1) is 7.11 Å². The van der Waals surface area contributed by atoms with E-state index in [-0.39, 0.29) is 13.0 Å². The van der Waals surface area contributed by atoms with Gasteiger partial charge in [0.1, 0.15) is 23.1 Å². The number of urea groups is 1. The molecule has 0 fully saturated rings. The number of aryl methyl sites for hydroxylation is 1. The number of aliphatic carboxylic acids is 1. The van der Waals surface area contributed by atoms with Crippen LogP contribution in [0.25, 0.3) is 22.1 Å². The summed E-state index contributed by atoms with van der Waals surface area (Å²) in [6, 6.07) is 10.2. The molecule has 0 saturated heterocycles. The molecule has 3 aromatic rings. The summed E-state index contributed by atoms with van der Waals surface area (Å²) in [5.74, 6) is -0.857. The monoisotopic (exact) mass is 497 g/mol. The van der Waals surface area contributed by atoms with E-state index < -0.39 is 36.2 Å². The SMILES string of the molecule is COc1ccc(-c2cc(=O)oc3c(C)c(OCC(=O)N[C@@H](CCCNC(N)=O)C(=O)O)ccc23)cc1. The van der Waals surface area contributed by atoms with Crippen LogP contribution < -0.4 is 31.5 Å². The van der Waals surface area contributed by atoms with Crippen LogP contribution in [0.5, 0.6) is 11.5 Å². The summed E-state index contributed by atoms with van der Waals surface area (Å²) in [6.07, 6.45) is 0.399. The van der Waals surface area contributed by atoms with E-state index in [0.29, 0.717) is 40.0 Å². The maximum absolute atomic E-state index is 12.3. The number of nitrogens with one attached hydrogen (secondary N) is 2. The summed E-state index contributed by atoms with van der Waals surface area (Å²) in [4.78, 5) is 46.7. The fraction of sp³-hybridized carbons (Fsp3) is 0.280. The molecule has 1 heterocycles. The first-order chi connectivity index (χ1) is 17.2. The Balaban J connectivity index is 1.73. The summed E-state index contributed by atoms with van der Waals surface area (Å²) >= 11 is 0. The Bertz CT molecular complexity index is 1320. The van der Waals surface area contributed by atoms with E-state index in [0.717, 1.165) is 5.56 Å². The molecule has 190 valence electrons. The second-order valence-electron chi connectivity index (χ2n) is 7.95. The van der Waals surface area contributed by atoms with Gasteiger partial charge in [-0.25, -0.2) is 14.4 Å². The van der Waals surface area contributed by atoms with E-state index in [4.69, 9.17) is 19.6 Å². The number of ether oxygens (including phenoxy) is 2. The van der Waals surface area contributed by atoms with Gasteiger partial charge < -0.3 is 35.4 Å². The van der Waals surface area contributed by atoms with Crippen LogP contribution in [0.1, 0.15) is 18.4 Å². The van der Waals surface area contributed by atoms with Crippen molar-refractivity contribution in [2.45, 2.75) is 25.8 Å². The Morgan fingerprint density at radius 3 is 2.50 bits per heavy atom. The number of amides is 3. The number of primary amides is 1. The first kappa shape index (κ1) is 26.1. The van der Waals surface area contributed by atoms with E-state index >= 15 is 0 Å². The lowest BCUT2D eigenvalue weighted by Crippen LogP contribution is -2.43.